The molecule has 0 fully saturated rings. The van der Waals surface area contributed by atoms with Gasteiger partial charge in [-0.15, -0.1) is 0 Å². The Bertz CT molecular complexity index is 2180. The van der Waals surface area contributed by atoms with E-state index in [4.69, 9.17) is 0 Å². The summed E-state index contributed by atoms with van der Waals surface area (Å²) in [5.74, 6) is 0.201. The number of benzene rings is 7. The molecule has 1 atom stereocenters. The van der Waals surface area contributed by atoms with Crippen LogP contribution in [0.15, 0.2) is 188 Å². The van der Waals surface area contributed by atoms with Crippen molar-refractivity contribution < 1.29 is 0 Å². The highest BCUT2D eigenvalue weighted by Crippen LogP contribution is 2.63. The van der Waals surface area contributed by atoms with Crippen molar-refractivity contribution in [1.82, 2.24) is 0 Å². The molecule has 240 valence electrons. The van der Waals surface area contributed by atoms with E-state index in [9.17, 15) is 0 Å². The monoisotopic (exact) mass is 640 g/mol. The maximum absolute atomic E-state index is 2.57. The van der Waals surface area contributed by atoms with Crippen molar-refractivity contribution in [2.45, 2.75) is 37.0 Å². The molecule has 2 aliphatic carbocycles. The number of fused-ring (bicyclic) bond motifs is 4. The third-order valence-corrected chi connectivity index (χ3v) is 11.2. The zero-order valence-corrected chi connectivity index (χ0v) is 28.5. The highest BCUT2D eigenvalue weighted by atomic mass is 14.5. The minimum absolute atomic E-state index is 0.0731. The first-order valence-electron chi connectivity index (χ1n) is 17.9. The van der Waals surface area contributed by atoms with Gasteiger partial charge in [-0.25, -0.2) is 0 Å². The van der Waals surface area contributed by atoms with E-state index in [1.807, 2.05) is 0 Å². The molecular weight excluding hydrogens is 601 g/mol. The Hall–Kier alpha value is -5.72. The molecule has 0 nitrogen and oxygen atoms in total. The van der Waals surface area contributed by atoms with E-state index in [2.05, 4.69) is 195 Å². The van der Waals surface area contributed by atoms with Crippen molar-refractivity contribution in [3.63, 3.8) is 0 Å². The SMILES string of the molecule is CC1=CC(C(c2ccccc2)(c2ccccc2)C2c3cc(Cc4ccccc4)ccc3-c3ccc(Cc4ccccc4)cc32)c2ccccc21. The van der Waals surface area contributed by atoms with E-state index in [1.54, 1.807) is 0 Å². The molecular formula is C50H40. The summed E-state index contributed by atoms with van der Waals surface area (Å²) in [5.41, 5.74) is 17.4. The Balaban J connectivity index is 1.35. The van der Waals surface area contributed by atoms with Crippen molar-refractivity contribution in [1.29, 1.82) is 0 Å². The lowest BCUT2D eigenvalue weighted by atomic mass is 9.55. The minimum atomic E-state index is -0.423. The lowest BCUT2D eigenvalue weighted by Crippen LogP contribution is -2.40. The molecule has 9 rings (SSSR count). The summed E-state index contributed by atoms with van der Waals surface area (Å²) in [5, 5.41) is 0. The lowest BCUT2D eigenvalue weighted by molar-refractivity contribution is 0.416. The molecule has 0 radical (unpaired) electrons. The normalized spacial score (nSPS) is 14.9. The van der Waals surface area contributed by atoms with Gasteiger partial charge in [0.15, 0.2) is 0 Å². The van der Waals surface area contributed by atoms with Gasteiger partial charge in [-0.3, -0.25) is 0 Å². The Morgan fingerprint density at radius 3 is 1.34 bits per heavy atom. The number of allylic oxidation sites excluding steroid dienone is 2. The zero-order valence-electron chi connectivity index (χ0n) is 28.5. The van der Waals surface area contributed by atoms with Gasteiger partial charge in [-0.05, 0) is 92.1 Å². The van der Waals surface area contributed by atoms with Gasteiger partial charge in [0.05, 0.1) is 0 Å². The standard InChI is InChI=1S/C50H40/c1-35-30-48(45-25-15-14-24-42(35)45)50(40-20-10-4-11-21-40,41-22-12-5-13-23-41)49-46-33-38(31-36-16-6-2-7-17-36)26-28-43(46)44-29-27-39(34-47(44)49)32-37-18-8-3-9-19-37/h2-30,33-34,48-49H,31-32H2,1H3. The highest BCUT2D eigenvalue weighted by molar-refractivity contribution is 5.83. The van der Waals surface area contributed by atoms with Crippen molar-refractivity contribution in [3.05, 3.63) is 244 Å². The van der Waals surface area contributed by atoms with Gasteiger partial charge in [0, 0.05) is 17.3 Å². The molecule has 0 amide bonds. The van der Waals surface area contributed by atoms with Crippen LogP contribution in [-0.2, 0) is 18.3 Å². The second-order valence-electron chi connectivity index (χ2n) is 14.1. The topological polar surface area (TPSA) is 0 Å². The molecule has 0 aromatic heterocycles. The summed E-state index contributed by atoms with van der Waals surface area (Å²) in [7, 11) is 0. The highest BCUT2D eigenvalue weighted by Gasteiger charge is 2.53. The van der Waals surface area contributed by atoms with Crippen LogP contribution in [0.25, 0.3) is 16.7 Å². The number of hydrogen-bond donors (Lipinski definition) is 0. The van der Waals surface area contributed by atoms with Crippen LogP contribution in [0.5, 0.6) is 0 Å². The first kappa shape index (κ1) is 30.3. The van der Waals surface area contributed by atoms with Gasteiger partial charge in [0.1, 0.15) is 0 Å². The second kappa shape index (κ2) is 12.6. The maximum atomic E-state index is 2.57. The third kappa shape index (κ3) is 5.06. The molecule has 0 spiro atoms. The quantitative estimate of drug-likeness (QED) is 0.155. The van der Waals surface area contributed by atoms with Crippen LogP contribution >= 0.6 is 0 Å². The minimum Gasteiger partial charge on any atom is -0.0722 e. The summed E-state index contributed by atoms with van der Waals surface area (Å²) >= 11 is 0. The molecule has 0 heteroatoms. The molecule has 1 unspecified atom stereocenters. The van der Waals surface area contributed by atoms with Gasteiger partial charge >= 0.3 is 0 Å². The van der Waals surface area contributed by atoms with E-state index in [0.717, 1.165) is 12.8 Å². The molecule has 7 aromatic rings. The summed E-state index contributed by atoms with van der Waals surface area (Å²) in [6.45, 7) is 2.30. The Kier molecular flexibility index (Phi) is 7.66. The van der Waals surface area contributed by atoms with Crippen LogP contribution < -0.4 is 0 Å². The predicted molar refractivity (Wildman–Crippen MR) is 209 cm³/mol. The van der Waals surface area contributed by atoms with Crippen molar-refractivity contribution >= 4 is 5.57 Å². The van der Waals surface area contributed by atoms with Gasteiger partial charge < -0.3 is 0 Å². The second-order valence-corrected chi connectivity index (χ2v) is 14.1. The molecule has 50 heavy (non-hydrogen) atoms. The van der Waals surface area contributed by atoms with Crippen LogP contribution in [0.1, 0.15) is 74.4 Å². The lowest BCUT2D eigenvalue weighted by Gasteiger charge is -2.46. The van der Waals surface area contributed by atoms with Gasteiger partial charge in [-0.1, -0.05) is 188 Å². The van der Waals surface area contributed by atoms with Gasteiger partial charge in [-0.2, -0.15) is 0 Å². The first-order chi connectivity index (χ1) is 24.7. The van der Waals surface area contributed by atoms with Crippen LogP contribution in [0.4, 0.5) is 0 Å². The molecule has 0 saturated carbocycles. The third-order valence-electron chi connectivity index (χ3n) is 11.2. The molecule has 0 N–H and O–H groups in total. The van der Waals surface area contributed by atoms with E-state index < -0.39 is 5.41 Å². The molecule has 0 heterocycles. The van der Waals surface area contributed by atoms with E-state index in [1.165, 1.54) is 72.3 Å². The predicted octanol–water partition coefficient (Wildman–Crippen LogP) is 12.2. The molecule has 0 bridgehead atoms. The summed E-state index contributed by atoms with van der Waals surface area (Å²) in [6, 6.07) is 68.3. The Labute approximate surface area is 296 Å². The Morgan fingerprint density at radius 2 is 0.840 bits per heavy atom. The maximum Gasteiger partial charge on any atom is 0.0415 e. The largest absolute Gasteiger partial charge is 0.0722 e. The van der Waals surface area contributed by atoms with Crippen molar-refractivity contribution in [3.8, 4) is 11.1 Å². The molecule has 0 aliphatic heterocycles. The fraction of sp³-hybridized carbons (Fsp3) is 0.120. The summed E-state index contributed by atoms with van der Waals surface area (Å²) in [4.78, 5) is 0. The van der Waals surface area contributed by atoms with E-state index in [-0.39, 0.29) is 11.8 Å². The van der Waals surface area contributed by atoms with Crippen molar-refractivity contribution in [2.75, 3.05) is 0 Å². The zero-order chi connectivity index (χ0) is 33.5. The van der Waals surface area contributed by atoms with Crippen LogP contribution in [0.3, 0.4) is 0 Å². The fourth-order valence-electron chi connectivity index (χ4n) is 9.13. The average molecular weight is 641 g/mol. The average Bonchev–Trinajstić information content (AvgIpc) is 3.68. The number of rotatable bonds is 8. The Morgan fingerprint density at radius 1 is 0.400 bits per heavy atom. The summed E-state index contributed by atoms with van der Waals surface area (Å²) in [6.07, 6.45) is 4.39. The van der Waals surface area contributed by atoms with E-state index >= 15 is 0 Å². The van der Waals surface area contributed by atoms with Crippen LogP contribution in [-0.4, -0.2) is 0 Å². The summed E-state index contributed by atoms with van der Waals surface area (Å²) < 4.78 is 0. The molecule has 2 aliphatic rings. The van der Waals surface area contributed by atoms with Gasteiger partial charge in [0.25, 0.3) is 0 Å². The fourth-order valence-corrected chi connectivity index (χ4v) is 9.13. The van der Waals surface area contributed by atoms with Gasteiger partial charge in [0.2, 0.25) is 0 Å². The van der Waals surface area contributed by atoms with E-state index in [0.29, 0.717) is 0 Å². The first-order valence-corrected chi connectivity index (χ1v) is 17.9. The molecule has 7 aromatic carbocycles. The molecule has 0 saturated heterocycles. The van der Waals surface area contributed by atoms with Crippen LogP contribution in [0.2, 0.25) is 0 Å². The van der Waals surface area contributed by atoms with Crippen LogP contribution in [0, 0.1) is 0 Å². The smallest absolute Gasteiger partial charge is 0.0415 e. The van der Waals surface area contributed by atoms with Crippen molar-refractivity contribution in [2.24, 2.45) is 0 Å². The number of hydrogen-bond acceptors (Lipinski definition) is 0.